The van der Waals surface area contributed by atoms with E-state index in [1.807, 2.05) is 0 Å². The fourth-order valence-corrected chi connectivity index (χ4v) is 2.84. The molecule has 110 valence electrons. The Morgan fingerprint density at radius 3 is 2.47 bits per heavy atom. The third-order valence-corrected chi connectivity index (χ3v) is 4.37. The molecule has 0 aromatic carbocycles. The number of carbonyl (C=O) groups excluding carboxylic acids is 1. The zero-order chi connectivity index (χ0) is 14.1. The smallest absolute Gasteiger partial charge is 0.352 e. The van der Waals surface area contributed by atoms with Crippen LogP contribution in [0.3, 0.4) is 0 Å². The van der Waals surface area contributed by atoms with Crippen molar-refractivity contribution in [3.8, 4) is 0 Å². The number of rotatable bonds is 4. The molecule has 19 heavy (non-hydrogen) atoms. The highest BCUT2D eigenvalue weighted by atomic mass is 19.3. The molecule has 0 aromatic heterocycles. The van der Waals surface area contributed by atoms with Crippen molar-refractivity contribution < 1.29 is 23.4 Å². The molecule has 4 nitrogen and oxygen atoms in total. The number of hydrogen-bond acceptors (Lipinski definition) is 3. The Morgan fingerprint density at radius 2 is 1.95 bits per heavy atom. The number of alkyl halides is 2. The monoisotopic (exact) mass is 277 g/mol. The minimum atomic E-state index is -3.72. The van der Waals surface area contributed by atoms with Gasteiger partial charge in [-0.3, -0.25) is 4.79 Å². The molecule has 0 heterocycles. The first-order valence-corrected chi connectivity index (χ1v) is 6.85. The molecule has 0 aromatic rings. The lowest BCUT2D eigenvalue weighted by molar-refractivity contribution is -0.217. The molecule has 0 saturated heterocycles. The molecule has 0 spiro atoms. The first-order chi connectivity index (χ1) is 8.90. The minimum absolute atomic E-state index is 0.0220. The van der Waals surface area contributed by atoms with E-state index < -0.39 is 17.4 Å². The van der Waals surface area contributed by atoms with Crippen LogP contribution < -0.4 is 5.32 Å². The first kappa shape index (κ1) is 14.7. The largest absolute Gasteiger partial charge is 0.383 e. The van der Waals surface area contributed by atoms with Gasteiger partial charge in [-0.05, 0) is 32.1 Å². The number of halogens is 2. The zero-order valence-corrected chi connectivity index (χ0v) is 11.1. The number of amides is 1. The van der Waals surface area contributed by atoms with Gasteiger partial charge in [0, 0.05) is 7.11 Å². The van der Waals surface area contributed by atoms with E-state index in [2.05, 4.69) is 5.32 Å². The van der Waals surface area contributed by atoms with Crippen LogP contribution >= 0.6 is 0 Å². The summed E-state index contributed by atoms with van der Waals surface area (Å²) in [5.74, 6) is -5.09. The van der Waals surface area contributed by atoms with Crippen molar-refractivity contribution in [1.82, 2.24) is 5.32 Å². The van der Waals surface area contributed by atoms with Crippen LogP contribution in [-0.4, -0.2) is 41.8 Å². The Bertz CT molecular complexity index is 345. The molecule has 2 rings (SSSR count). The Balaban J connectivity index is 1.99. The summed E-state index contributed by atoms with van der Waals surface area (Å²) in [7, 11) is 1.52. The van der Waals surface area contributed by atoms with Gasteiger partial charge < -0.3 is 15.2 Å². The van der Waals surface area contributed by atoms with Crippen molar-refractivity contribution >= 4 is 5.91 Å². The SMILES string of the molecule is COC1CCCCC1NC(=O)C(F)(F)C1(O)CCC1. The third-order valence-electron chi connectivity index (χ3n) is 4.37. The van der Waals surface area contributed by atoms with Crippen molar-refractivity contribution in [2.75, 3.05) is 7.11 Å². The van der Waals surface area contributed by atoms with Gasteiger partial charge in [-0.1, -0.05) is 12.8 Å². The number of carbonyl (C=O) groups is 1. The van der Waals surface area contributed by atoms with Gasteiger partial charge in [0.05, 0.1) is 12.1 Å². The average Bonchev–Trinajstić information content (AvgIpc) is 2.36. The number of aliphatic hydroxyl groups is 1. The van der Waals surface area contributed by atoms with E-state index >= 15 is 0 Å². The lowest BCUT2D eigenvalue weighted by Gasteiger charge is -2.42. The summed E-state index contributed by atoms with van der Waals surface area (Å²) < 4.78 is 33.1. The molecule has 2 aliphatic carbocycles. The van der Waals surface area contributed by atoms with Crippen molar-refractivity contribution in [3.05, 3.63) is 0 Å². The van der Waals surface area contributed by atoms with Gasteiger partial charge in [0.2, 0.25) is 0 Å². The van der Waals surface area contributed by atoms with Gasteiger partial charge >= 0.3 is 5.92 Å². The second-order valence-electron chi connectivity index (χ2n) is 5.60. The van der Waals surface area contributed by atoms with E-state index in [1.165, 1.54) is 7.11 Å². The van der Waals surface area contributed by atoms with E-state index in [-0.39, 0.29) is 25.0 Å². The highest BCUT2D eigenvalue weighted by Crippen LogP contribution is 2.44. The van der Waals surface area contributed by atoms with Crippen molar-refractivity contribution in [2.45, 2.75) is 68.6 Å². The van der Waals surface area contributed by atoms with Crippen LogP contribution in [0.5, 0.6) is 0 Å². The summed E-state index contributed by atoms with van der Waals surface area (Å²) in [6, 6.07) is -0.388. The van der Waals surface area contributed by atoms with Crippen LogP contribution in [0.25, 0.3) is 0 Å². The van der Waals surface area contributed by atoms with E-state index in [9.17, 15) is 18.7 Å². The average molecular weight is 277 g/mol. The molecule has 2 unspecified atom stereocenters. The van der Waals surface area contributed by atoms with Gasteiger partial charge in [-0.15, -0.1) is 0 Å². The minimum Gasteiger partial charge on any atom is -0.383 e. The van der Waals surface area contributed by atoms with Crippen LogP contribution in [0.2, 0.25) is 0 Å². The molecule has 0 bridgehead atoms. The van der Waals surface area contributed by atoms with Gasteiger partial charge in [0.1, 0.15) is 5.60 Å². The Labute approximate surface area is 111 Å². The summed E-state index contributed by atoms with van der Waals surface area (Å²) >= 11 is 0. The van der Waals surface area contributed by atoms with E-state index in [0.29, 0.717) is 12.8 Å². The van der Waals surface area contributed by atoms with Gasteiger partial charge in [-0.2, -0.15) is 8.78 Å². The Hall–Kier alpha value is -0.750. The molecule has 0 radical (unpaired) electrons. The summed E-state index contributed by atoms with van der Waals surface area (Å²) in [4.78, 5) is 11.8. The molecule has 2 N–H and O–H groups in total. The maximum Gasteiger partial charge on any atom is 0.352 e. The van der Waals surface area contributed by atoms with Crippen LogP contribution in [0, 0.1) is 0 Å². The number of hydrogen-bond donors (Lipinski definition) is 2. The fourth-order valence-electron chi connectivity index (χ4n) is 2.84. The number of methoxy groups -OCH3 is 1. The normalized spacial score (nSPS) is 30.5. The lowest BCUT2D eigenvalue weighted by atomic mass is 9.75. The van der Waals surface area contributed by atoms with E-state index in [4.69, 9.17) is 4.74 Å². The summed E-state index contributed by atoms with van der Waals surface area (Å²) in [6.45, 7) is 0. The molecule has 2 aliphatic rings. The Kier molecular flexibility index (Phi) is 4.11. The molecule has 2 atom stereocenters. The Morgan fingerprint density at radius 1 is 1.32 bits per heavy atom. The van der Waals surface area contributed by atoms with Crippen molar-refractivity contribution in [3.63, 3.8) is 0 Å². The van der Waals surface area contributed by atoms with Crippen LogP contribution in [-0.2, 0) is 9.53 Å². The van der Waals surface area contributed by atoms with Crippen molar-refractivity contribution in [1.29, 1.82) is 0 Å². The van der Waals surface area contributed by atoms with Gasteiger partial charge in [0.15, 0.2) is 0 Å². The quantitative estimate of drug-likeness (QED) is 0.821. The lowest BCUT2D eigenvalue weighted by Crippen LogP contribution is -2.63. The molecule has 1 amide bonds. The maximum atomic E-state index is 13.9. The number of ether oxygens (including phenoxy) is 1. The predicted octanol–water partition coefficient (Wildman–Crippen LogP) is 1.61. The summed E-state index contributed by atoms with van der Waals surface area (Å²) in [6.07, 6.45) is 3.53. The van der Waals surface area contributed by atoms with Crippen LogP contribution in [0.15, 0.2) is 0 Å². The standard InChI is InChI=1S/C13H21F2NO3/c1-19-10-6-3-2-5-9(10)16-11(17)13(14,15)12(18)7-4-8-12/h9-10,18H,2-8H2,1H3,(H,16,17). The second kappa shape index (κ2) is 5.32. The van der Waals surface area contributed by atoms with E-state index in [0.717, 1.165) is 19.3 Å². The summed E-state index contributed by atoms with van der Waals surface area (Å²) in [5.41, 5.74) is -2.16. The van der Waals surface area contributed by atoms with Crippen LogP contribution in [0.4, 0.5) is 8.78 Å². The molecular weight excluding hydrogens is 256 g/mol. The first-order valence-electron chi connectivity index (χ1n) is 6.85. The molecule has 2 saturated carbocycles. The molecule has 0 aliphatic heterocycles. The van der Waals surface area contributed by atoms with Gasteiger partial charge in [-0.25, -0.2) is 0 Å². The zero-order valence-electron chi connectivity index (χ0n) is 11.1. The molecule has 6 heteroatoms. The number of nitrogens with one attached hydrogen (secondary N) is 1. The molecular formula is C13H21F2NO3. The second-order valence-corrected chi connectivity index (χ2v) is 5.60. The predicted molar refractivity (Wildman–Crippen MR) is 64.9 cm³/mol. The third kappa shape index (κ3) is 2.60. The molecule has 2 fully saturated rings. The maximum absolute atomic E-state index is 13.9. The highest BCUT2D eigenvalue weighted by molar-refractivity contribution is 5.85. The fraction of sp³-hybridized carbons (Fsp3) is 0.923. The topological polar surface area (TPSA) is 58.6 Å². The van der Waals surface area contributed by atoms with Crippen LogP contribution in [0.1, 0.15) is 44.9 Å². The summed E-state index contributed by atoms with van der Waals surface area (Å²) in [5, 5.41) is 12.1. The van der Waals surface area contributed by atoms with Crippen molar-refractivity contribution in [2.24, 2.45) is 0 Å². The van der Waals surface area contributed by atoms with E-state index in [1.54, 1.807) is 0 Å². The van der Waals surface area contributed by atoms with Gasteiger partial charge in [0.25, 0.3) is 5.91 Å². The highest BCUT2D eigenvalue weighted by Gasteiger charge is 2.61.